The Morgan fingerprint density at radius 3 is 2.08 bits per heavy atom. The predicted octanol–water partition coefficient (Wildman–Crippen LogP) is 6.95. The van der Waals surface area contributed by atoms with Crippen molar-refractivity contribution < 1.29 is 8.83 Å². The summed E-state index contributed by atoms with van der Waals surface area (Å²) in [6.07, 6.45) is 0. The molecule has 25 heavy (non-hydrogen) atoms. The summed E-state index contributed by atoms with van der Waals surface area (Å²) in [7, 11) is 0. The zero-order valence-electron chi connectivity index (χ0n) is 13.7. The van der Waals surface area contributed by atoms with Gasteiger partial charge in [-0.15, -0.1) is 0 Å². The van der Waals surface area contributed by atoms with Crippen LogP contribution < -0.4 is 0 Å². The zero-order valence-corrected chi connectivity index (χ0v) is 13.7. The van der Waals surface area contributed by atoms with Crippen LogP contribution >= 0.6 is 0 Å². The third-order valence-corrected chi connectivity index (χ3v) is 5.18. The highest BCUT2D eigenvalue weighted by Crippen LogP contribution is 2.40. The summed E-state index contributed by atoms with van der Waals surface area (Å²) in [6.45, 7) is 2.13. The summed E-state index contributed by atoms with van der Waals surface area (Å²) < 4.78 is 12.2. The minimum Gasteiger partial charge on any atom is -0.456 e. The van der Waals surface area contributed by atoms with E-state index in [1.165, 1.54) is 21.7 Å². The standard InChI is InChI=1S/C23H14O2/c1-13-10-22-23(16-8-3-2-6-14(13)16)18-11-17-15-7-4-5-9-19(15)24-20(17)12-21(18)25-22/h2-12H,1H3. The number of furan rings is 2. The van der Waals surface area contributed by atoms with Gasteiger partial charge in [0.05, 0.1) is 0 Å². The highest BCUT2D eigenvalue weighted by molar-refractivity contribution is 6.22. The lowest BCUT2D eigenvalue weighted by Gasteiger charge is -2.03. The van der Waals surface area contributed by atoms with Crippen LogP contribution in [0.5, 0.6) is 0 Å². The Kier molecular flexibility index (Phi) is 2.31. The molecule has 0 aliphatic carbocycles. The van der Waals surface area contributed by atoms with Gasteiger partial charge in [0.2, 0.25) is 0 Å². The number of hydrogen-bond acceptors (Lipinski definition) is 2. The van der Waals surface area contributed by atoms with Gasteiger partial charge in [-0.3, -0.25) is 0 Å². The fourth-order valence-electron chi connectivity index (χ4n) is 4.03. The maximum Gasteiger partial charge on any atom is 0.139 e. The van der Waals surface area contributed by atoms with E-state index in [9.17, 15) is 0 Å². The molecule has 0 atom stereocenters. The highest BCUT2D eigenvalue weighted by Gasteiger charge is 2.15. The molecule has 0 aliphatic heterocycles. The predicted molar refractivity (Wildman–Crippen MR) is 103 cm³/mol. The van der Waals surface area contributed by atoms with E-state index in [0.717, 1.165) is 38.5 Å². The van der Waals surface area contributed by atoms with Gasteiger partial charge >= 0.3 is 0 Å². The molecule has 0 radical (unpaired) electrons. The summed E-state index contributed by atoms with van der Waals surface area (Å²) >= 11 is 0. The molecule has 4 aromatic carbocycles. The fourth-order valence-corrected chi connectivity index (χ4v) is 4.03. The minimum absolute atomic E-state index is 0.869. The molecule has 2 aromatic heterocycles. The second-order valence-corrected chi connectivity index (χ2v) is 6.66. The molecule has 6 rings (SSSR count). The molecule has 0 saturated carbocycles. The Labute approximate surface area is 143 Å². The van der Waals surface area contributed by atoms with Crippen molar-refractivity contribution in [3.05, 3.63) is 72.3 Å². The molecular weight excluding hydrogens is 308 g/mol. The first kappa shape index (κ1) is 13.1. The van der Waals surface area contributed by atoms with E-state index in [-0.39, 0.29) is 0 Å². The van der Waals surface area contributed by atoms with E-state index in [1.807, 2.05) is 24.3 Å². The molecule has 0 bridgehead atoms. The fraction of sp³-hybridized carbons (Fsp3) is 0.0435. The maximum atomic E-state index is 6.19. The van der Waals surface area contributed by atoms with Gasteiger partial charge in [-0.05, 0) is 41.5 Å². The van der Waals surface area contributed by atoms with Gasteiger partial charge in [0.25, 0.3) is 0 Å². The zero-order chi connectivity index (χ0) is 16.5. The second kappa shape index (κ2) is 4.42. The lowest BCUT2D eigenvalue weighted by Crippen LogP contribution is -1.79. The van der Waals surface area contributed by atoms with Crippen LogP contribution in [-0.2, 0) is 0 Å². The van der Waals surface area contributed by atoms with Crippen LogP contribution in [0.3, 0.4) is 0 Å². The van der Waals surface area contributed by atoms with Gasteiger partial charge in [0, 0.05) is 27.6 Å². The van der Waals surface area contributed by atoms with Gasteiger partial charge in [-0.1, -0.05) is 42.5 Å². The SMILES string of the molecule is Cc1cc2oc3cc4oc5ccccc5c4cc3c2c2ccccc12. The summed E-state index contributed by atoms with van der Waals surface area (Å²) in [6, 6.07) is 23.1. The molecule has 2 heteroatoms. The van der Waals surface area contributed by atoms with Crippen LogP contribution in [0, 0.1) is 6.92 Å². The maximum absolute atomic E-state index is 6.19. The van der Waals surface area contributed by atoms with Gasteiger partial charge in [0.15, 0.2) is 0 Å². The van der Waals surface area contributed by atoms with Crippen LogP contribution in [0.4, 0.5) is 0 Å². The molecule has 2 nitrogen and oxygen atoms in total. The molecular formula is C23H14O2. The smallest absolute Gasteiger partial charge is 0.139 e. The Morgan fingerprint density at radius 2 is 1.20 bits per heavy atom. The average molecular weight is 322 g/mol. The third-order valence-electron chi connectivity index (χ3n) is 5.18. The minimum atomic E-state index is 0.869. The largest absolute Gasteiger partial charge is 0.456 e. The number of benzene rings is 4. The van der Waals surface area contributed by atoms with Crippen molar-refractivity contribution in [1.29, 1.82) is 0 Å². The van der Waals surface area contributed by atoms with E-state index < -0.39 is 0 Å². The third kappa shape index (κ3) is 1.64. The number of hydrogen-bond donors (Lipinski definition) is 0. The summed E-state index contributed by atoms with van der Waals surface area (Å²) in [5.41, 5.74) is 4.82. The van der Waals surface area contributed by atoms with Crippen molar-refractivity contribution in [3.63, 3.8) is 0 Å². The van der Waals surface area contributed by atoms with Crippen molar-refractivity contribution in [1.82, 2.24) is 0 Å². The van der Waals surface area contributed by atoms with Crippen LogP contribution in [0.1, 0.15) is 5.56 Å². The summed E-state index contributed by atoms with van der Waals surface area (Å²) in [5.74, 6) is 0. The Morgan fingerprint density at radius 1 is 0.520 bits per heavy atom. The first-order valence-corrected chi connectivity index (χ1v) is 8.45. The Hall–Kier alpha value is -3.26. The van der Waals surface area contributed by atoms with Crippen molar-refractivity contribution in [2.75, 3.05) is 0 Å². The molecule has 0 fully saturated rings. The van der Waals surface area contributed by atoms with E-state index in [4.69, 9.17) is 8.83 Å². The second-order valence-electron chi connectivity index (χ2n) is 6.66. The van der Waals surface area contributed by atoms with E-state index in [1.54, 1.807) is 0 Å². The molecule has 6 aromatic rings. The molecule has 0 N–H and O–H groups in total. The number of para-hydroxylation sites is 1. The van der Waals surface area contributed by atoms with E-state index in [0.29, 0.717) is 0 Å². The average Bonchev–Trinajstić information content (AvgIpc) is 3.17. The van der Waals surface area contributed by atoms with Crippen molar-refractivity contribution in [2.24, 2.45) is 0 Å². The van der Waals surface area contributed by atoms with Crippen molar-refractivity contribution >= 4 is 54.6 Å². The van der Waals surface area contributed by atoms with Crippen molar-refractivity contribution in [2.45, 2.75) is 6.92 Å². The van der Waals surface area contributed by atoms with Crippen LogP contribution in [0.15, 0.2) is 75.6 Å². The lowest BCUT2D eigenvalue weighted by atomic mass is 9.99. The molecule has 0 aliphatic rings. The van der Waals surface area contributed by atoms with E-state index in [2.05, 4.69) is 49.4 Å². The van der Waals surface area contributed by atoms with Crippen molar-refractivity contribution in [3.8, 4) is 0 Å². The lowest BCUT2D eigenvalue weighted by molar-refractivity contribution is 0.656. The number of fused-ring (bicyclic) bond motifs is 8. The number of rotatable bonds is 0. The van der Waals surface area contributed by atoms with Gasteiger partial charge in [0.1, 0.15) is 22.3 Å². The molecule has 0 unspecified atom stereocenters. The topological polar surface area (TPSA) is 26.3 Å². The molecule has 0 saturated heterocycles. The normalized spacial score (nSPS) is 12.2. The molecule has 0 amide bonds. The Balaban J connectivity index is 1.89. The van der Waals surface area contributed by atoms with E-state index >= 15 is 0 Å². The van der Waals surface area contributed by atoms with Gasteiger partial charge < -0.3 is 8.83 Å². The molecule has 118 valence electrons. The van der Waals surface area contributed by atoms with Crippen LogP contribution in [0.25, 0.3) is 54.6 Å². The number of aryl methyl sites for hydroxylation is 1. The summed E-state index contributed by atoms with van der Waals surface area (Å²) in [4.78, 5) is 0. The highest BCUT2D eigenvalue weighted by atomic mass is 16.3. The van der Waals surface area contributed by atoms with Crippen LogP contribution in [0.2, 0.25) is 0 Å². The quantitative estimate of drug-likeness (QED) is 0.302. The monoisotopic (exact) mass is 322 g/mol. The molecule has 2 heterocycles. The first-order chi connectivity index (χ1) is 12.3. The van der Waals surface area contributed by atoms with Crippen LogP contribution in [-0.4, -0.2) is 0 Å². The summed E-state index contributed by atoms with van der Waals surface area (Å²) in [5, 5.41) is 7.12. The molecule has 0 spiro atoms. The Bertz CT molecular complexity index is 1450. The van der Waals surface area contributed by atoms with Gasteiger partial charge in [-0.2, -0.15) is 0 Å². The first-order valence-electron chi connectivity index (χ1n) is 8.45. The van der Waals surface area contributed by atoms with Gasteiger partial charge in [-0.25, -0.2) is 0 Å².